The van der Waals surface area contributed by atoms with Gasteiger partial charge in [0.25, 0.3) is 5.91 Å². The fourth-order valence-corrected chi connectivity index (χ4v) is 3.66. The van der Waals surface area contributed by atoms with Crippen LogP contribution in [0.4, 0.5) is 0 Å². The number of ether oxygens (including phenoxy) is 1. The Kier molecular flexibility index (Phi) is 7.49. The summed E-state index contributed by atoms with van der Waals surface area (Å²) in [4.78, 5) is 15.3. The van der Waals surface area contributed by atoms with Crippen molar-refractivity contribution in [2.45, 2.75) is 25.9 Å². The summed E-state index contributed by atoms with van der Waals surface area (Å²) in [6.07, 6.45) is 1.65. The molecule has 3 aromatic rings. The Balaban J connectivity index is 0.00000256. The summed E-state index contributed by atoms with van der Waals surface area (Å²) in [5.74, 6) is 0.810. The third-order valence-corrected chi connectivity index (χ3v) is 5.34. The topological polar surface area (TPSA) is 70.2 Å². The number of hydrogen-bond donors (Lipinski definition) is 2. The summed E-state index contributed by atoms with van der Waals surface area (Å²) >= 11 is 0. The van der Waals surface area contributed by atoms with Gasteiger partial charge in [0.1, 0.15) is 5.75 Å². The maximum atomic E-state index is 13.4. The number of hydrogen-bond acceptors (Lipinski definition) is 4. The predicted molar refractivity (Wildman–Crippen MR) is 119 cm³/mol. The average Bonchev–Trinajstić information content (AvgIpc) is 3.21. The van der Waals surface area contributed by atoms with E-state index < -0.39 is 0 Å². The SMILES string of the molecule is COc1ccc(CCN(Cc2ccccc2)C(=O)c2n[nH]c3c2CNCC3)cc1.Cl. The maximum absolute atomic E-state index is 13.4. The molecule has 158 valence electrons. The molecule has 1 aliphatic rings. The highest BCUT2D eigenvalue weighted by Gasteiger charge is 2.25. The van der Waals surface area contributed by atoms with E-state index in [1.54, 1.807) is 7.11 Å². The first-order valence-electron chi connectivity index (χ1n) is 9.97. The van der Waals surface area contributed by atoms with Crippen molar-refractivity contribution < 1.29 is 9.53 Å². The van der Waals surface area contributed by atoms with Gasteiger partial charge in [0, 0.05) is 43.9 Å². The van der Waals surface area contributed by atoms with E-state index in [9.17, 15) is 4.79 Å². The van der Waals surface area contributed by atoms with Crippen LogP contribution in [0, 0.1) is 0 Å². The minimum atomic E-state index is -0.0245. The Morgan fingerprint density at radius 3 is 2.60 bits per heavy atom. The van der Waals surface area contributed by atoms with Crippen molar-refractivity contribution in [3.05, 3.63) is 82.7 Å². The number of nitrogens with one attached hydrogen (secondary N) is 2. The molecular weight excluding hydrogens is 400 g/mol. The molecular formula is C23H27ClN4O2. The third-order valence-electron chi connectivity index (χ3n) is 5.34. The molecule has 0 radical (unpaired) electrons. The molecule has 0 aliphatic carbocycles. The van der Waals surface area contributed by atoms with Gasteiger partial charge in [-0.3, -0.25) is 9.89 Å². The molecule has 7 heteroatoms. The van der Waals surface area contributed by atoms with E-state index in [4.69, 9.17) is 4.74 Å². The molecule has 2 heterocycles. The second-order valence-electron chi connectivity index (χ2n) is 7.27. The largest absolute Gasteiger partial charge is 0.497 e. The van der Waals surface area contributed by atoms with Gasteiger partial charge in [-0.25, -0.2) is 0 Å². The Labute approximate surface area is 183 Å². The second kappa shape index (κ2) is 10.3. The van der Waals surface area contributed by atoms with Crippen LogP contribution in [0.15, 0.2) is 54.6 Å². The summed E-state index contributed by atoms with van der Waals surface area (Å²) in [6.45, 7) is 2.78. The molecule has 0 saturated carbocycles. The molecule has 0 spiro atoms. The van der Waals surface area contributed by atoms with Gasteiger partial charge in [0.05, 0.1) is 7.11 Å². The zero-order valence-corrected chi connectivity index (χ0v) is 17.9. The first kappa shape index (κ1) is 21.9. The van der Waals surface area contributed by atoms with Crippen molar-refractivity contribution in [2.75, 3.05) is 20.2 Å². The standard InChI is InChI=1S/C23H26N4O2.ClH/c1-29-19-9-7-17(8-10-19)12-14-27(16-18-5-3-2-4-6-18)23(28)22-20-15-24-13-11-21(20)25-26-22;/h2-10,24H,11-16H2,1H3,(H,25,26);1H. The zero-order valence-electron chi connectivity index (χ0n) is 17.1. The number of fused-ring (bicyclic) bond motifs is 1. The minimum Gasteiger partial charge on any atom is -0.497 e. The highest BCUT2D eigenvalue weighted by Crippen LogP contribution is 2.19. The predicted octanol–water partition coefficient (Wildman–Crippen LogP) is 3.37. The van der Waals surface area contributed by atoms with Crippen LogP contribution in [0.5, 0.6) is 5.75 Å². The van der Waals surface area contributed by atoms with Crippen LogP contribution >= 0.6 is 12.4 Å². The lowest BCUT2D eigenvalue weighted by Crippen LogP contribution is -2.34. The molecule has 1 aliphatic heterocycles. The van der Waals surface area contributed by atoms with Gasteiger partial charge >= 0.3 is 0 Å². The van der Waals surface area contributed by atoms with E-state index in [-0.39, 0.29) is 18.3 Å². The number of H-pyrrole nitrogens is 1. The van der Waals surface area contributed by atoms with Crippen LogP contribution in [0.1, 0.15) is 32.9 Å². The van der Waals surface area contributed by atoms with Crippen LogP contribution in [0.3, 0.4) is 0 Å². The van der Waals surface area contributed by atoms with Gasteiger partial charge in [-0.2, -0.15) is 5.10 Å². The van der Waals surface area contributed by atoms with E-state index in [0.717, 1.165) is 42.0 Å². The molecule has 1 amide bonds. The number of benzene rings is 2. The van der Waals surface area contributed by atoms with Gasteiger partial charge in [0.15, 0.2) is 5.69 Å². The number of amides is 1. The van der Waals surface area contributed by atoms with E-state index in [1.807, 2.05) is 47.4 Å². The maximum Gasteiger partial charge on any atom is 0.275 e. The molecule has 30 heavy (non-hydrogen) atoms. The summed E-state index contributed by atoms with van der Waals surface area (Å²) in [7, 11) is 1.66. The lowest BCUT2D eigenvalue weighted by atomic mass is 10.1. The molecule has 6 nitrogen and oxygen atoms in total. The average molecular weight is 427 g/mol. The van der Waals surface area contributed by atoms with E-state index >= 15 is 0 Å². The number of halogens is 1. The van der Waals surface area contributed by atoms with Gasteiger partial charge in [-0.1, -0.05) is 42.5 Å². The number of aromatic nitrogens is 2. The summed E-state index contributed by atoms with van der Waals surface area (Å²) in [6, 6.07) is 18.1. The van der Waals surface area contributed by atoms with Crippen molar-refractivity contribution in [1.29, 1.82) is 0 Å². The molecule has 4 rings (SSSR count). The van der Waals surface area contributed by atoms with Crippen molar-refractivity contribution in [3.8, 4) is 5.75 Å². The number of carbonyl (C=O) groups excluding carboxylic acids is 1. The first-order valence-corrected chi connectivity index (χ1v) is 9.97. The van der Waals surface area contributed by atoms with Gasteiger partial charge in [-0.15, -0.1) is 12.4 Å². The van der Waals surface area contributed by atoms with Crippen molar-refractivity contribution in [3.63, 3.8) is 0 Å². The van der Waals surface area contributed by atoms with Crippen molar-refractivity contribution in [1.82, 2.24) is 20.4 Å². The Morgan fingerprint density at radius 2 is 1.87 bits per heavy atom. The van der Waals surface area contributed by atoms with Crippen LogP contribution in [-0.4, -0.2) is 41.2 Å². The van der Waals surface area contributed by atoms with Crippen molar-refractivity contribution >= 4 is 18.3 Å². The number of aromatic amines is 1. The molecule has 2 aromatic carbocycles. The van der Waals surface area contributed by atoms with E-state index in [0.29, 0.717) is 25.3 Å². The lowest BCUT2D eigenvalue weighted by molar-refractivity contribution is 0.0737. The van der Waals surface area contributed by atoms with E-state index in [2.05, 4.69) is 27.6 Å². The molecule has 2 N–H and O–H groups in total. The highest BCUT2D eigenvalue weighted by molar-refractivity contribution is 5.94. The number of methoxy groups -OCH3 is 1. The number of nitrogens with zero attached hydrogens (tertiary/aromatic N) is 2. The Morgan fingerprint density at radius 1 is 1.10 bits per heavy atom. The van der Waals surface area contributed by atoms with Crippen LogP contribution in [-0.2, 0) is 25.9 Å². The zero-order chi connectivity index (χ0) is 20.1. The Hall–Kier alpha value is -2.83. The van der Waals surface area contributed by atoms with Crippen molar-refractivity contribution in [2.24, 2.45) is 0 Å². The fourth-order valence-electron chi connectivity index (χ4n) is 3.66. The van der Waals surface area contributed by atoms with Gasteiger partial charge in [0.2, 0.25) is 0 Å². The van der Waals surface area contributed by atoms with E-state index in [1.165, 1.54) is 5.56 Å². The smallest absolute Gasteiger partial charge is 0.275 e. The molecule has 0 bridgehead atoms. The number of carbonyl (C=O) groups is 1. The van der Waals surface area contributed by atoms with Crippen LogP contribution in [0.25, 0.3) is 0 Å². The molecule has 0 fully saturated rings. The monoisotopic (exact) mass is 426 g/mol. The molecule has 0 atom stereocenters. The first-order chi connectivity index (χ1) is 14.2. The molecule has 0 saturated heterocycles. The quantitative estimate of drug-likeness (QED) is 0.607. The lowest BCUT2D eigenvalue weighted by Gasteiger charge is -2.23. The minimum absolute atomic E-state index is 0. The third kappa shape index (κ3) is 5.01. The highest BCUT2D eigenvalue weighted by atomic mass is 35.5. The molecule has 1 aromatic heterocycles. The van der Waals surface area contributed by atoms with Crippen LogP contribution in [0.2, 0.25) is 0 Å². The molecule has 0 unspecified atom stereocenters. The number of rotatable bonds is 7. The Bertz CT molecular complexity index is 957. The fraction of sp³-hybridized carbons (Fsp3) is 0.304. The van der Waals surface area contributed by atoms with Gasteiger partial charge < -0.3 is 15.0 Å². The summed E-state index contributed by atoms with van der Waals surface area (Å²) in [5.41, 5.74) is 4.89. The normalized spacial score (nSPS) is 12.6. The summed E-state index contributed by atoms with van der Waals surface area (Å²) < 4.78 is 5.23. The van der Waals surface area contributed by atoms with Crippen LogP contribution < -0.4 is 10.1 Å². The summed E-state index contributed by atoms with van der Waals surface area (Å²) in [5, 5.41) is 10.8. The van der Waals surface area contributed by atoms with Gasteiger partial charge in [-0.05, 0) is 29.7 Å². The second-order valence-corrected chi connectivity index (χ2v) is 7.27.